The zero-order chi connectivity index (χ0) is 11.4. The van der Waals surface area contributed by atoms with Crippen molar-refractivity contribution in [1.29, 1.82) is 0 Å². The van der Waals surface area contributed by atoms with Crippen LogP contribution in [0.1, 0.15) is 15.4 Å². The van der Waals surface area contributed by atoms with Crippen LogP contribution in [-0.4, -0.2) is 4.98 Å². The molecular weight excluding hydrogens is 284 g/mol. The van der Waals surface area contributed by atoms with Crippen molar-refractivity contribution in [3.8, 4) is 0 Å². The number of aromatic nitrogens is 1. The second kappa shape index (κ2) is 5.57. The van der Waals surface area contributed by atoms with E-state index in [-0.39, 0.29) is 0 Å². The first-order chi connectivity index (χ1) is 7.74. The van der Waals surface area contributed by atoms with Crippen LogP contribution in [0.5, 0.6) is 0 Å². The van der Waals surface area contributed by atoms with Gasteiger partial charge in [0.25, 0.3) is 0 Å². The molecule has 0 aliphatic rings. The SMILES string of the molecule is Cc1ccc(CNCc2cccc(Br)n2)s1. The van der Waals surface area contributed by atoms with Crippen LogP contribution in [0, 0.1) is 6.92 Å². The number of nitrogens with zero attached hydrogens (tertiary/aromatic N) is 1. The van der Waals surface area contributed by atoms with E-state index in [0.717, 1.165) is 23.4 Å². The largest absolute Gasteiger partial charge is 0.306 e. The Hall–Kier alpha value is -0.710. The van der Waals surface area contributed by atoms with Gasteiger partial charge >= 0.3 is 0 Å². The highest BCUT2D eigenvalue weighted by Gasteiger charge is 1.98. The van der Waals surface area contributed by atoms with E-state index in [9.17, 15) is 0 Å². The first-order valence-electron chi connectivity index (χ1n) is 5.11. The van der Waals surface area contributed by atoms with Crippen molar-refractivity contribution in [2.24, 2.45) is 0 Å². The summed E-state index contributed by atoms with van der Waals surface area (Å²) in [6, 6.07) is 10.3. The molecule has 0 aliphatic carbocycles. The summed E-state index contributed by atoms with van der Waals surface area (Å²) in [7, 11) is 0. The van der Waals surface area contributed by atoms with E-state index in [4.69, 9.17) is 0 Å². The van der Waals surface area contributed by atoms with Crippen LogP contribution in [0.2, 0.25) is 0 Å². The number of hydrogen-bond donors (Lipinski definition) is 1. The van der Waals surface area contributed by atoms with Crippen molar-refractivity contribution < 1.29 is 0 Å². The molecule has 2 aromatic rings. The van der Waals surface area contributed by atoms with E-state index in [1.165, 1.54) is 9.75 Å². The summed E-state index contributed by atoms with van der Waals surface area (Å²) in [5.41, 5.74) is 1.06. The van der Waals surface area contributed by atoms with Crippen molar-refractivity contribution in [3.63, 3.8) is 0 Å². The molecule has 0 amide bonds. The van der Waals surface area contributed by atoms with Crippen molar-refractivity contribution in [2.75, 3.05) is 0 Å². The Morgan fingerprint density at radius 3 is 2.81 bits per heavy atom. The fourth-order valence-corrected chi connectivity index (χ4v) is 2.68. The molecular formula is C12H13BrN2S. The number of aryl methyl sites for hydroxylation is 1. The minimum Gasteiger partial charge on any atom is -0.306 e. The highest BCUT2D eigenvalue weighted by Crippen LogP contribution is 2.14. The third kappa shape index (κ3) is 3.40. The summed E-state index contributed by atoms with van der Waals surface area (Å²) in [6.07, 6.45) is 0. The monoisotopic (exact) mass is 296 g/mol. The van der Waals surface area contributed by atoms with Gasteiger partial charge in [-0.15, -0.1) is 11.3 Å². The Morgan fingerprint density at radius 1 is 1.25 bits per heavy atom. The first-order valence-corrected chi connectivity index (χ1v) is 6.72. The maximum atomic E-state index is 4.37. The zero-order valence-electron chi connectivity index (χ0n) is 9.03. The minimum absolute atomic E-state index is 0.802. The normalized spacial score (nSPS) is 10.6. The molecule has 0 fully saturated rings. The van der Waals surface area contributed by atoms with Gasteiger partial charge in [0.2, 0.25) is 0 Å². The van der Waals surface area contributed by atoms with E-state index < -0.39 is 0 Å². The van der Waals surface area contributed by atoms with Gasteiger partial charge in [-0.2, -0.15) is 0 Å². The molecule has 2 nitrogen and oxygen atoms in total. The maximum Gasteiger partial charge on any atom is 0.106 e. The fourth-order valence-electron chi connectivity index (χ4n) is 1.44. The predicted octanol–water partition coefficient (Wildman–Crippen LogP) is 3.50. The van der Waals surface area contributed by atoms with Gasteiger partial charge in [0.05, 0.1) is 5.69 Å². The number of rotatable bonds is 4. The van der Waals surface area contributed by atoms with Gasteiger partial charge in [-0.1, -0.05) is 6.07 Å². The van der Waals surface area contributed by atoms with Crippen LogP contribution in [-0.2, 0) is 13.1 Å². The first kappa shape index (κ1) is 11.8. The Kier molecular flexibility index (Phi) is 4.09. The topological polar surface area (TPSA) is 24.9 Å². The van der Waals surface area contributed by atoms with E-state index in [0.29, 0.717) is 0 Å². The molecule has 0 aromatic carbocycles. The Balaban J connectivity index is 1.84. The molecule has 0 saturated carbocycles. The summed E-state index contributed by atoms with van der Waals surface area (Å²) < 4.78 is 0.888. The molecule has 4 heteroatoms. The lowest BCUT2D eigenvalue weighted by atomic mass is 10.3. The van der Waals surface area contributed by atoms with Crippen LogP contribution in [0.15, 0.2) is 34.9 Å². The van der Waals surface area contributed by atoms with Gasteiger partial charge in [0, 0.05) is 22.8 Å². The number of nitrogens with one attached hydrogen (secondary N) is 1. The molecule has 0 radical (unpaired) electrons. The Labute approximate surface area is 108 Å². The molecule has 2 rings (SSSR count). The molecule has 0 saturated heterocycles. The number of hydrogen-bond acceptors (Lipinski definition) is 3. The number of pyridine rings is 1. The van der Waals surface area contributed by atoms with Crippen LogP contribution in [0.4, 0.5) is 0 Å². The molecule has 2 aromatic heterocycles. The lowest BCUT2D eigenvalue weighted by Crippen LogP contribution is -2.12. The quantitative estimate of drug-likeness (QED) is 0.874. The van der Waals surface area contributed by atoms with Gasteiger partial charge in [-0.3, -0.25) is 0 Å². The van der Waals surface area contributed by atoms with Crippen LogP contribution < -0.4 is 5.32 Å². The summed E-state index contributed by atoms with van der Waals surface area (Å²) in [6.45, 7) is 3.84. The molecule has 0 atom stereocenters. The van der Waals surface area contributed by atoms with Gasteiger partial charge in [-0.05, 0) is 47.1 Å². The summed E-state index contributed by atoms with van der Waals surface area (Å²) in [5.74, 6) is 0. The fraction of sp³-hybridized carbons (Fsp3) is 0.250. The molecule has 0 aliphatic heterocycles. The molecule has 16 heavy (non-hydrogen) atoms. The number of halogens is 1. The average Bonchev–Trinajstić information content (AvgIpc) is 2.64. The summed E-state index contributed by atoms with van der Waals surface area (Å²) in [4.78, 5) is 7.09. The molecule has 0 bridgehead atoms. The lowest BCUT2D eigenvalue weighted by Gasteiger charge is -2.02. The zero-order valence-corrected chi connectivity index (χ0v) is 11.4. The standard InChI is InChI=1S/C12H13BrN2S/c1-9-5-6-11(16-9)8-14-7-10-3-2-4-12(13)15-10/h2-6,14H,7-8H2,1H3. The van der Waals surface area contributed by atoms with Gasteiger partial charge < -0.3 is 5.32 Å². The summed E-state index contributed by atoms with van der Waals surface area (Å²) in [5, 5.41) is 3.39. The van der Waals surface area contributed by atoms with E-state index in [2.05, 4.69) is 45.3 Å². The molecule has 2 heterocycles. The number of thiophene rings is 1. The second-order valence-corrected chi connectivity index (χ2v) is 5.75. The second-order valence-electron chi connectivity index (χ2n) is 3.57. The molecule has 84 valence electrons. The molecule has 1 N–H and O–H groups in total. The Bertz CT molecular complexity index is 468. The van der Waals surface area contributed by atoms with Gasteiger partial charge in [-0.25, -0.2) is 4.98 Å². The Morgan fingerprint density at radius 2 is 2.12 bits per heavy atom. The van der Waals surface area contributed by atoms with E-state index >= 15 is 0 Å². The highest BCUT2D eigenvalue weighted by molar-refractivity contribution is 9.10. The van der Waals surface area contributed by atoms with Crippen molar-refractivity contribution in [3.05, 3.63) is 50.4 Å². The average molecular weight is 297 g/mol. The smallest absolute Gasteiger partial charge is 0.106 e. The van der Waals surface area contributed by atoms with Crippen LogP contribution in [0.25, 0.3) is 0 Å². The maximum absolute atomic E-state index is 4.37. The molecule has 0 spiro atoms. The third-order valence-electron chi connectivity index (χ3n) is 2.17. The van der Waals surface area contributed by atoms with E-state index in [1.807, 2.05) is 29.5 Å². The van der Waals surface area contributed by atoms with E-state index in [1.54, 1.807) is 0 Å². The van der Waals surface area contributed by atoms with Crippen molar-refractivity contribution in [1.82, 2.24) is 10.3 Å². The third-order valence-corrected chi connectivity index (χ3v) is 3.62. The molecule has 0 unspecified atom stereocenters. The predicted molar refractivity (Wildman–Crippen MR) is 71.5 cm³/mol. The minimum atomic E-state index is 0.802. The summed E-state index contributed by atoms with van der Waals surface area (Å²) >= 11 is 5.20. The van der Waals surface area contributed by atoms with Gasteiger partial charge in [0.1, 0.15) is 4.60 Å². The highest BCUT2D eigenvalue weighted by atomic mass is 79.9. The van der Waals surface area contributed by atoms with Gasteiger partial charge in [0.15, 0.2) is 0 Å². The lowest BCUT2D eigenvalue weighted by molar-refractivity contribution is 0.685. The van der Waals surface area contributed by atoms with Crippen molar-refractivity contribution >= 4 is 27.3 Å². The van der Waals surface area contributed by atoms with Crippen LogP contribution in [0.3, 0.4) is 0 Å². The van der Waals surface area contributed by atoms with Crippen LogP contribution >= 0.6 is 27.3 Å². The van der Waals surface area contributed by atoms with Crippen molar-refractivity contribution in [2.45, 2.75) is 20.0 Å².